The van der Waals surface area contributed by atoms with Crippen LogP contribution in [-0.4, -0.2) is 75.9 Å². The second-order valence-corrected chi connectivity index (χ2v) is 14.4. The number of carbonyl (C=O) groups is 2. The zero-order chi connectivity index (χ0) is 32.4. The van der Waals surface area contributed by atoms with E-state index in [0.717, 1.165) is 77.0 Å². The van der Waals surface area contributed by atoms with Gasteiger partial charge in [0.05, 0.1) is 48.6 Å². The average molecular weight is 639 g/mol. The minimum atomic E-state index is -0.636. The molecule has 3 N–H and O–H groups in total. The Morgan fingerprint density at radius 2 is 1.16 bits per heavy atom. The van der Waals surface area contributed by atoms with E-state index in [1.165, 1.54) is 58.3 Å². The lowest BCUT2D eigenvalue weighted by molar-refractivity contribution is -0.145. The Kier molecular flexibility index (Phi) is 18.5. The number of aliphatic hydroxyl groups is 3. The van der Waals surface area contributed by atoms with E-state index in [9.17, 15) is 24.9 Å². The summed E-state index contributed by atoms with van der Waals surface area (Å²) in [7, 11) is 0. The summed E-state index contributed by atoms with van der Waals surface area (Å²) in [5.74, 6) is -0.445. The molecule has 0 aromatic rings. The highest BCUT2D eigenvalue weighted by Crippen LogP contribution is 2.32. The van der Waals surface area contributed by atoms with Gasteiger partial charge in [0, 0.05) is 6.42 Å². The van der Waals surface area contributed by atoms with Crippen molar-refractivity contribution in [2.75, 3.05) is 0 Å². The standard InChI is InChI=1S/C37H66O8/c1-3-4-5-6-7-8-9-10-11-15-18-31(39)35-23-24-36(45-35)33(41)21-20-32(40)34-22-19-29(43-34)16-13-12-14-17-30-26-28(25-27(2)38)37(42)44-30/h28-36,39-41H,3-26H2,1-2H3/t28-,29+,30-,31+,32-,33+,34-,35+,36+/m0/s1. The molecule has 0 amide bonds. The Labute approximate surface area is 273 Å². The third-order valence-corrected chi connectivity index (χ3v) is 10.4. The van der Waals surface area contributed by atoms with Crippen LogP contribution in [0.15, 0.2) is 0 Å². The Bertz CT molecular complexity index is 820. The van der Waals surface area contributed by atoms with E-state index in [4.69, 9.17) is 14.2 Å². The topological polar surface area (TPSA) is 123 Å². The molecule has 0 radical (unpaired) electrons. The second kappa shape index (κ2) is 21.7. The highest BCUT2D eigenvalue weighted by molar-refractivity contribution is 5.83. The van der Waals surface area contributed by atoms with Crippen molar-refractivity contribution in [2.45, 2.75) is 217 Å². The van der Waals surface area contributed by atoms with Crippen molar-refractivity contribution in [1.82, 2.24) is 0 Å². The molecule has 0 aliphatic carbocycles. The van der Waals surface area contributed by atoms with Gasteiger partial charge in [0.15, 0.2) is 0 Å². The lowest BCUT2D eigenvalue weighted by Crippen LogP contribution is -2.33. The number of rotatable bonds is 25. The van der Waals surface area contributed by atoms with Crippen LogP contribution in [0.2, 0.25) is 0 Å². The van der Waals surface area contributed by atoms with Crippen LogP contribution in [0.1, 0.15) is 168 Å². The van der Waals surface area contributed by atoms with E-state index in [1.807, 2.05) is 0 Å². The first-order valence-corrected chi connectivity index (χ1v) is 18.8. The predicted octanol–water partition coefficient (Wildman–Crippen LogP) is 7.12. The lowest BCUT2D eigenvalue weighted by Gasteiger charge is -2.24. The molecule has 8 nitrogen and oxygen atoms in total. The van der Waals surface area contributed by atoms with Crippen molar-refractivity contribution < 1.29 is 39.1 Å². The van der Waals surface area contributed by atoms with Gasteiger partial charge in [-0.1, -0.05) is 84.0 Å². The molecule has 3 aliphatic rings. The number of Topliss-reactive ketones (excluding diaryl/α,β-unsaturated/α-hetero) is 1. The lowest BCUT2D eigenvalue weighted by atomic mass is 9.96. The molecule has 3 aliphatic heterocycles. The van der Waals surface area contributed by atoms with Crippen LogP contribution in [0.3, 0.4) is 0 Å². The van der Waals surface area contributed by atoms with Crippen LogP contribution < -0.4 is 0 Å². The van der Waals surface area contributed by atoms with Gasteiger partial charge in [-0.15, -0.1) is 0 Å². The Morgan fingerprint density at radius 1 is 0.667 bits per heavy atom. The molecule has 0 unspecified atom stereocenters. The molecule has 262 valence electrons. The van der Waals surface area contributed by atoms with E-state index in [-0.39, 0.29) is 48.2 Å². The van der Waals surface area contributed by atoms with E-state index >= 15 is 0 Å². The highest BCUT2D eigenvalue weighted by Gasteiger charge is 2.36. The van der Waals surface area contributed by atoms with Crippen LogP contribution in [0.5, 0.6) is 0 Å². The first-order chi connectivity index (χ1) is 21.8. The molecular weight excluding hydrogens is 572 g/mol. The zero-order valence-electron chi connectivity index (χ0n) is 28.5. The summed E-state index contributed by atoms with van der Waals surface area (Å²) in [5.41, 5.74) is 0. The SMILES string of the molecule is CCCCCCCCCCCC[C@@H](O)[C@H]1CC[C@H]([C@H](O)CC[C@H](O)[C@@H]2CC[C@@H](CCCCC[C@H]3C[C@H](CC(C)=O)C(=O)O3)O2)O1. The van der Waals surface area contributed by atoms with E-state index in [1.54, 1.807) is 0 Å². The third-order valence-electron chi connectivity index (χ3n) is 10.4. The van der Waals surface area contributed by atoms with Crippen molar-refractivity contribution in [1.29, 1.82) is 0 Å². The maximum absolute atomic E-state index is 11.9. The summed E-state index contributed by atoms with van der Waals surface area (Å²) in [6, 6.07) is 0. The first-order valence-electron chi connectivity index (χ1n) is 18.8. The van der Waals surface area contributed by atoms with Gasteiger partial charge < -0.3 is 34.3 Å². The fraction of sp³-hybridized carbons (Fsp3) is 0.946. The van der Waals surface area contributed by atoms with E-state index in [0.29, 0.717) is 25.7 Å². The van der Waals surface area contributed by atoms with Gasteiger partial charge in [-0.2, -0.15) is 0 Å². The van der Waals surface area contributed by atoms with Gasteiger partial charge in [0.2, 0.25) is 0 Å². The molecule has 3 fully saturated rings. The number of unbranched alkanes of at least 4 members (excludes halogenated alkanes) is 11. The van der Waals surface area contributed by atoms with E-state index < -0.39 is 18.3 Å². The van der Waals surface area contributed by atoms with Gasteiger partial charge in [-0.05, 0) is 77.6 Å². The van der Waals surface area contributed by atoms with Crippen LogP contribution in [0.25, 0.3) is 0 Å². The number of esters is 1. The number of ether oxygens (including phenoxy) is 3. The zero-order valence-corrected chi connectivity index (χ0v) is 28.5. The van der Waals surface area contributed by atoms with Crippen molar-refractivity contribution >= 4 is 11.8 Å². The highest BCUT2D eigenvalue weighted by atomic mass is 16.6. The summed E-state index contributed by atoms with van der Waals surface area (Å²) in [4.78, 5) is 23.2. The Hall–Kier alpha value is -1.06. The molecule has 3 rings (SSSR count). The summed E-state index contributed by atoms with van der Waals surface area (Å²) < 4.78 is 17.7. The van der Waals surface area contributed by atoms with Gasteiger partial charge in [-0.25, -0.2) is 0 Å². The Morgan fingerprint density at radius 3 is 1.76 bits per heavy atom. The smallest absolute Gasteiger partial charge is 0.309 e. The quantitative estimate of drug-likeness (QED) is 0.0714. The molecule has 3 saturated heterocycles. The monoisotopic (exact) mass is 638 g/mol. The number of hydrogen-bond acceptors (Lipinski definition) is 8. The van der Waals surface area contributed by atoms with Crippen molar-refractivity contribution in [2.24, 2.45) is 5.92 Å². The van der Waals surface area contributed by atoms with Crippen LogP contribution in [-0.2, 0) is 23.8 Å². The number of cyclic esters (lactones) is 1. The van der Waals surface area contributed by atoms with Gasteiger partial charge in [-0.3, -0.25) is 4.79 Å². The molecule has 0 bridgehead atoms. The second-order valence-electron chi connectivity index (χ2n) is 14.4. The van der Waals surface area contributed by atoms with Crippen LogP contribution >= 0.6 is 0 Å². The number of ketones is 1. The predicted molar refractivity (Wildman–Crippen MR) is 176 cm³/mol. The van der Waals surface area contributed by atoms with Gasteiger partial charge >= 0.3 is 5.97 Å². The third kappa shape index (κ3) is 14.7. The van der Waals surface area contributed by atoms with Crippen molar-refractivity contribution in [3.05, 3.63) is 0 Å². The Balaban J connectivity index is 1.18. The maximum Gasteiger partial charge on any atom is 0.309 e. The number of carbonyl (C=O) groups excluding carboxylic acids is 2. The fourth-order valence-corrected chi connectivity index (χ4v) is 7.56. The molecule has 0 aromatic heterocycles. The minimum Gasteiger partial charge on any atom is -0.462 e. The molecule has 0 spiro atoms. The summed E-state index contributed by atoms with van der Waals surface area (Å²) in [5, 5.41) is 32.2. The minimum absolute atomic E-state index is 0.0377. The summed E-state index contributed by atoms with van der Waals surface area (Å²) >= 11 is 0. The van der Waals surface area contributed by atoms with Crippen molar-refractivity contribution in [3.63, 3.8) is 0 Å². The first kappa shape index (κ1) is 38.4. The number of hydrogen-bond donors (Lipinski definition) is 3. The number of aliphatic hydroxyl groups excluding tert-OH is 3. The average Bonchev–Trinajstić information content (AvgIpc) is 3.77. The van der Waals surface area contributed by atoms with Gasteiger partial charge in [0.1, 0.15) is 11.9 Å². The molecule has 45 heavy (non-hydrogen) atoms. The molecular formula is C37H66O8. The van der Waals surface area contributed by atoms with Crippen LogP contribution in [0, 0.1) is 5.92 Å². The maximum atomic E-state index is 11.9. The molecule has 0 saturated carbocycles. The fourth-order valence-electron chi connectivity index (χ4n) is 7.56. The normalized spacial score (nSPS) is 28.8. The largest absolute Gasteiger partial charge is 0.462 e. The molecule has 3 heterocycles. The molecule has 8 heteroatoms. The van der Waals surface area contributed by atoms with E-state index in [2.05, 4.69) is 6.92 Å². The molecule has 9 atom stereocenters. The molecule has 0 aromatic carbocycles. The van der Waals surface area contributed by atoms with Crippen LogP contribution in [0.4, 0.5) is 0 Å². The summed E-state index contributed by atoms with van der Waals surface area (Å²) in [6.07, 6.45) is 21.4. The summed E-state index contributed by atoms with van der Waals surface area (Å²) in [6.45, 7) is 3.77. The van der Waals surface area contributed by atoms with Gasteiger partial charge in [0.25, 0.3) is 0 Å². The van der Waals surface area contributed by atoms with Crippen molar-refractivity contribution in [3.8, 4) is 0 Å².